The van der Waals surface area contributed by atoms with Crippen molar-refractivity contribution in [3.8, 4) is 5.69 Å². The first-order valence-corrected chi connectivity index (χ1v) is 7.45. The number of rotatable bonds is 3. The van der Waals surface area contributed by atoms with Crippen LogP contribution in [0, 0.1) is 0 Å². The Hall–Kier alpha value is -2.66. The van der Waals surface area contributed by atoms with E-state index in [2.05, 4.69) is 4.98 Å². The van der Waals surface area contributed by atoms with Gasteiger partial charge in [0, 0.05) is 0 Å². The summed E-state index contributed by atoms with van der Waals surface area (Å²) in [6.45, 7) is 1.88. The number of nitrogens with zero attached hydrogens (tertiary/aromatic N) is 2. The highest BCUT2D eigenvalue weighted by Crippen LogP contribution is 2.21. The number of para-hydroxylation sites is 2. The van der Waals surface area contributed by atoms with Crippen LogP contribution < -0.4 is 5.56 Å². The molecule has 3 aromatic rings. The predicted molar refractivity (Wildman–Crippen MR) is 88.3 cm³/mol. The highest BCUT2D eigenvalue weighted by Gasteiger charge is 2.20. The summed E-state index contributed by atoms with van der Waals surface area (Å²) < 4.78 is 6.23. The standard InChI is InChI=1S/C17H13ClN2O3/c1-2-23-17(22)15-19-13-9-5-3-7-11(13)16(21)20(15)14-10-6-4-8-12(14)18/h3-10H,2H2,1H3. The van der Waals surface area contributed by atoms with Crippen molar-refractivity contribution in [3.05, 3.63) is 69.7 Å². The van der Waals surface area contributed by atoms with Crippen LogP contribution in [-0.2, 0) is 4.74 Å². The zero-order chi connectivity index (χ0) is 16.4. The molecule has 0 aliphatic rings. The molecule has 0 saturated heterocycles. The predicted octanol–water partition coefficient (Wildman–Crippen LogP) is 3.22. The van der Waals surface area contributed by atoms with Crippen molar-refractivity contribution in [2.45, 2.75) is 6.92 Å². The number of ether oxygens (including phenoxy) is 1. The molecule has 5 nitrogen and oxygen atoms in total. The third-order valence-corrected chi connectivity index (χ3v) is 3.65. The van der Waals surface area contributed by atoms with E-state index < -0.39 is 5.97 Å². The topological polar surface area (TPSA) is 61.2 Å². The largest absolute Gasteiger partial charge is 0.460 e. The van der Waals surface area contributed by atoms with Crippen molar-refractivity contribution in [1.82, 2.24) is 9.55 Å². The second-order valence-corrected chi connectivity index (χ2v) is 5.17. The summed E-state index contributed by atoms with van der Waals surface area (Å²) in [6, 6.07) is 13.6. The lowest BCUT2D eigenvalue weighted by Crippen LogP contribution is -2.27. The molecule has 1 aromatic heterocycles. The van der Waals surface area contributed by atoms with Crippen LogP contribution in [0.25, 0.3) is 16.6 Å². The molecular formula is C17H13ClN2O3. The zero-order valence-electron chi connectivity index (χ0n) is 12.3. The van der Waals surface area contributed by atoms with Crippen LogP contribution in [0.1, 0.15) is 17.5 Å². The third-order valence-electron chi connectivity index (χ3n) is 3.33. The number of esters is 1. The summed E-state index contributed by atoms with van der Waals surface area (Å²) in [5.41, 5.74) is 0.455. The Labute approximate surface area is 137 Å². The number of fused-ring (bicyclic) bond motifs is 1. The second-order valence-electron chi connectivity index (χ2n) is 4.77. The Morgan fingerprint density at radius 1 is 1.17 bits per heavy atom. The number of carbonyl (C=O) groups is 1. The Morgan fingerprint density at radius 3 is 2.61 bits per heavy atom. The Balaban J connectivity index is 2.40. The molecule has 0 fully saturated rings. The molecule has 3 rings (SSSR count). The van der Waals surface area contributed by atoms with Gasteiger partial charge < -0.3 is 4.74 Å². The van der Waals surface area contributed by atoms with E-state index in [1.807, 2.05) is 0 Å². The first-order chi connectivity index (χ1) is 11.1. The molecule has 0 atom stereocenters. The summed E-state index contributed by atoms with van der Waals surface area (Å²) in [4.78, 5) is 29.4. The van der Waals surface area contributed by atoms with Crippen LogP contribution in [0.4, 0.5) is 0 Å². The van der Waals surface area contributed by atoms with Gasteiger partial charge in [-0.3, -0.25) is 9.36 Å². The van der Waals surface area contributed by atoms with Gasteiger partial charge in [0.15, 0.2) is 0 Å². The van der Waals surface area contributed by atoms with Crippen molar-refractivity contribution in [1.29, 1.82) is 0 Å². The molecule has 0 aliphatic carbocycles. The summed E-state index contributed by atoms with van der Waals surface area (Å²) in [5.74, 6) is -0.765. The molecule has 1 heterocycles. The fraction of sp³-hybridized carbons (Fsp3) is 0.118. The molecular weight excluding hydrogens is 316 g/mol. The summed E-state index contributed by atoms with van der Waals surface area (Å²) in [6.07, 6.45) is 0. The van der Waals surface area contributed by atoms with Gasteiger partial charge in [0.05, 0.1) is 28.2 Å². The van der Waals surface area contributed by atoms with Crippen LogP contribution in [0.15, 0.2) is 53.3 Å². The summed E-state index contributed by atoms with van der Waals surface area (Å²) in [5, 5.41) is 0.748. The molecule has 0 saturated carbocycles. The molecule has 0 bridgehead atoms. The van der Waals surface area contributed by atoms with Crippen molar-refractivity contribution >= 4 is 28.5 Å². The smallest absolute Gasteiger partial charge is 0.375 e. The molecule has 23 heavy (non-hydrogen) atoms. The molecule has 0 spiro atoms. The minimum Gasteiger partial charge on any atom is -0.460 e. The monoisotopic (exact) mass is 328 g/mol. The van der Waals surface area contributed by atoms with Crippen LogP contribution in [0.2, 0.25) is 5.02 Å². The lowest BCUT2D eigenvalue weighted by Gasteiger charge is -2.13. The SMILES string of the molecule is CCOC(=O)c1nc2ccccc2c(=O)n1-c1ccccc1Cl. The maximum Gasteiger partial charge on any atom is 0.375 e. The van der Waals surface area contributed by atoms with Crippen LogP contribution in [0.3, 0.4) is 0 Å². The van der Waals surface area contributed by atoms with E-state index in [1.165, 1.54) is 4.57 Å². The molecule has 0 amide bonds. The van der Waals surface area contributed by atoms with Crippen LogP contribution >= 0.6 is 11.6 Å². The number of benzene rings is 2. The number of halogens is 1. The van der Waals surface area contributed by atoms with Crippen molar-refractivity contribution in [2.24, 2.45) is 0 Å². The van der Waals surface area contributed by atoms with Gasteiger partial charge in [0.1, 0.15) is 0 Å². The molecule has 6 heteroatoms. The number of hydrogen-bond donors (Lipinski definition) is 0. The average molecular weight is 329 g/mol. The second kappa shape index (κ2) is 6.22. The normalized spacial score (nSPS) is 10.7. The lowest BCUT2D eigenvalue weighted by molar-refractivity contribution is 0.0508. The minimum absolute atomic E-state index is 0.0938. The third kappa shape index (κ3) is 2.71. The van der Waals surface area contributed by atoms with Gasteiger partial charge in [0.2, 0.25) is 5.82 Å². The van der Waals surface area contributed by atoms with E-state index in [4.69, 9.17) is 16.3 Å². The quantitative estimate of drug-likeness (QED) is 0.693. The maximum atomic E-state index is 12.9. The van der Waals surface area contributed by atoms with Gasteiger partial charge in [0.25, 0.3) is 5.56 Å². The zero-order valence-corrected chi connectivity index (χ0v) is 13.1. The van der Waals surface area contributed by atoms with Gasteiger partial charge in [-0.1, -0.05) is 35.9 Å². The van der Waals surface area contributed by atoms with E-state index in [1.54, 1.807) is 55.5 Å². The lowest BCUT2D eigenvalue weighted by atomic mass is 10.2. The van der Waals surface area contributed by atoms with E-state index >= 15 is 0 Å². The Bertz CT molecular complexity index is 950. The first kappa shape index (κ1) is 15.2. The van der Waals surface area contributed by atoms with Crippen molar-refractivity contribution < 1.29 is 9.53 Å². The van der Waals surface area contributed by atoms with Crippen molar-refractivity contribution in [2.75, 3.05) is 6.61 Å². The number of carbonyl (C=O) groups excluding carboxylic acids is 1. The Kier molecular flexibility index (Phi) is 4.12. The van der Waals surface area contributed by atoms with E-state index in [9.17, 15) is 9.59 Å². The molecule has 0 aliphatic heterocycles. The first-order valence-electron chi connectivity index (χ1n) is 7.07. The van der Waals surface area contributed by atoms with Crippen LogP contribution in [0.5, 0.6) is 0 Å². The minimum atomic E-state index is -0.671. The number of aromatic nitrogens is 2. The van der Waals surface area contributed by atoms with E-state index in [-0.39, 0.29) is 18.0 Å². The highest BCUT2D eigenvalue weighted by atomic mass is 35.5. The van der Waals surface area contributed by atoms with Gasteiger partial charge >= 0.3 is 5.97 Å². The molecule has 0 N–H and O–H groups in total. The van der Waals surface area contributed by atoms with E-state index in [0.29, 0.717) is 21.6 Å². The fourth-order valence-corrected chi connectivity index (χ4v) is 2.54. The molecule has 0 radical (unpaired) electrons. The summed E-state index contributed by atoms with van der Waals surface area (Å²) >= 11 is 6.20. The van der Waals surface area contributed by atoms with Gasteiger partial charge in [-0.05, 0) is 31.2 Å². The molecule has 0 unspecified atom stereocenters. The van der Waals surface area contributed by atoms with Gasteiger partial charge in [-0.25, -0.2) is 9.78 Å². The van der Waals surface area contributed by atoms with Gasteiger partial charge in [-0.15, -0.1) is 0 Å². The van der Waals surface area contributed by atoms with Gasteiger partial charge in [-0.2, -0.15) is 0 Å². The van der Waals surface area contributed by atoms with E-state index in [0.717, 1.165) is 0 Å². The molecule has 116 valence electrons. The Morgan fingerprint density at radius 2 is 1.87 bits per heavy atom. The fourth-order valence-electron chi connectivity index (χ4n) is 2.32. The highest BCUT2D eigenvalue weighted by molar-refractivity contribution is 6.32. The number of hydrogen-bond acceptors (Lipinski definition) is 4. The molecule has 2 aromatic carbocycles. The van der Waals surface area contributed by atoms with Crippen LogP contribution in [-0.4, -0.2) is 22.1 Å². The average Bonchev–Trinajstić information content (AvgIpc) is 2.56. The summed E-state index contributed by atoms with van der Waals surface area (Å²) in [7, 11) is 0. The van der Waals surface area contributed by atoms with Crippen molar-refractivity contribution in [3.63, 3.8) is 0 Å². The maximum absolute atomic E-state index is 12.9.